The molecule has 0 saturated carbocycles. The van der Waals surface area contributed by atoms with Crippen LogP contribution < -0.4 is 5.32 Å². The van der Waals surface area contributed by atoms with Crippen LogP contribution in [0.1, 0.15) is 40.5 Å². The third-order valence-corrected chi connectivity index (χ3v) is 1.56. The Morgan fingerprint density at radius 2 is 2.06 bits per heavy atom. The van der Waals surface area contributed by atoms with E-state index in [-0.39, 0.29) is 11.7 Å². The number of aliphatic imine (C=N–C) groups is 1. The maximum atomic E-state index is 11.2. The predicted octanol–water partition coefficient (Wildman–Crippen LogP) is 1.41. The van der Waals surface area contributed by atoms with Gasteiger partial charge in [0.2, 0.25) is 0 Å². The van der Waals surface area contributed by atoms with Gasteiger partial charge in [-0.15, -0.1) is 0 Å². The molecule has 0 rings (SSSR count). The van der Waals surface area contributed by atoms with Crippen LogP contribution in [0.2, 0.25) is 0 Å². The molecule has 0 fully saturated rings. The highest BCUT2D eigenvalue weighted by Gasteiger charge is 2.15. The van der Waals surface area contributed by atoms with Gasteiger partial charge >= 0.3 is 12.0 Å². The summed E-state index contributed by atoms with van der Waals surface area (Å²) in [5.41, 5.74) is -0.497. The van der Waals surface area contributed by atoms with Crippen molar-refractivity contribution in [3.05, 3.63) is 0 Å². The average molecular weight is 244 g/mol. The highest BCUT2D eigenvalue weighted by atomic mass is 16.6. The predicted molar refractivity (Wildman–Crippen MR) is 67.9 cm³/mol. The molecule has 0 atom stereocenters. The highest BCUT2D eigenvalue weighted by molar-refractivity contribution is 5.90. The van der Waals surface area contributed by atoms with E-state index in [1.165, 1.54) is 6.92 Å². The van der Waals surface area contributed by atoms with Gasteiger partial charge in [0, 0.05) is 6.54 Å². The van der Waals surface area contributed by atoms with Gasteiger partial charge in [0.15, 0.2) is 0 Å². The number of carbonyl (C=O) groups is 1. The van der Waals surface area contributed by atoms with Crippen LogP contribution >= 0.6 is 0 Å². The van der Waals surface area contributed by atoms with Crippen LogP contribution in [0.3, 0.4) is 0 Å². The summed E-state index contributed by atoms with van der Waals surface area (Å²) in [6.07, 6.45) is 0.588. The van der Waals surface area contributed by atoms with Crippen molar-refractivity contribution in [3.8, 4) is 0 Å². The Morgan fingerprint density at radius 1 is 1.47 bits per heavy atom. The molecule has 98 valence electrons. The zero-order chi connectivity index (χ0) is 13.5. The minimum Gasteiger partial charge on any atom is -0.582 e. The number of alkyl carbamates (subject to hydrolysis) is 1. The van der Waals surface area contributed by atoms with Gasteiger partial charge in [-0.25, -0.2) is 4.79 Å². The highest BCUT2D eigenvalue weighted by Crippen LogP contribution is 2.06. The second-order valence-electron chi connectivity index (χ2n) is 4.68. The lowest BCUT2D eigenvalue weighted by atomic mass is 10.2. The first-order chi connectivity index (χ1) is 7.70. The van der Waals surface area contributed by atoms with Crippen LogP contribution in [0.5, 0.6) is 0 Å². The lowest BCUT2D eigenvalue weighted by Crippen LogP contribution is -2.33. The van der Waals surface area contributed by atoms with Gasteiger partial charge in [0.1, 0.15) is 11.4 Å². The molecule has 0 bridgehead atoms. The summed E-state index contributed by atoms with van der Waals surface area (Å²) >= 11 is 0. The lowest BCUT2D eigenvalue weighted by Gasteiger charge is -2.19. The van der Waals surface area contributed by atoms with E-state index in [0.717, 1.165) is 0 Å². The summed E-state index contributed by atoms with van der Waals surface area (Å²) in [5, 5.41) is 17.1. The standard InChI is InChI=1S/C11H21N3O3/c1-8(12)14-9(15)6-5-7-13-10(16)17-11(2,3)4/h5-7H2,1-4H3,(H,13,16)(H2,12,14,15)/p+1. The molecule has 0 aliphatic rings. The summed E-state index contributed by atoms with van der Waals surface area (Å²) in [6, 6.07) is 0. The fourth-order valence-corrected chi connectivity index (χ4v) is 1.02. The largest absolute Gasteiger partial charge is 0.582 e. The molecular weight excluding hydrogens is 222 g/mol. The van der Waals surface area contributed by atoms with Gasteiger partial charge in [0.25, 0.3) is 0 Å². The molecule has 0 heterocycles. The SMILES string of the molecule is CC(=N)N=C([OH2+])CCCNC(=O)OC(C)(C)C. The Balaban J connectivity index is 3.72. The van der Waals surface area contributed by atoms with E-state index in [4.69, 9.17) is 15.3 Å². The number of hydrogen-bond donors (Lipinski definition) is 2. The van der Waals surface area contributed by atoms with Gasteiger partial charge in [-0.2, -0.15) is 4.99 Å². The first-order valence-electron chi connectivity index (χ1n) is 5.52. The van der Waals surface area contributed by atoms with Crippen molar-refractivity contribution in [2.75, 3.05) is 6.54 Å². The summed E-state index contributed by atoms with van der Waals surface area (Å²) in [4.78, 5) is 14.9. The quantitative estimate of drug-likeness (QED) is 0.338. The zero-order valence-corrected chi connectivity index (χ0v) is 10.9. The topological polar surface area (TPSA) is 97.4 Å². The molecule has 0 saturated heterocycles. The zero-order valence-electron chi connectivity index (χ0n) is 10.9. The first-order valence-corrected chi connectivity index (χ1v) is 5.52. The average Bonchev–Trinajstić information content (AvgIpc) is 2.08. The summed E-state index contributed by atoms with van der Waals surface area (Å²) in [7, 11) is 0. The van der Waals surface area contributed by atoms with Crippen molar-refractivity contribution in [1.29, 1.82) is 5.41 Å². The summed E-state index contributed by atoms with van der Waals surface area (Å²) in [5.74, 6) is 0.276. The fourth-order valence-electron chi connectivity index (χ4n) is 1.02. The van der Waals surface area contributed by atoms with Crippen molar-refractivity contribution < 1.29 is 14.6 Å². The van der Waals surface area contributed by atoms with Crippen molar-refractivity contribution in [2.45, 2.75) is 46.1 Å². The molecule has 0 aliphatic carbocycles. The molecule has 0 unspecified atom stereocenters. The second kappa shape index (κ2) is 6.88. The number of rotatable bonds is 4. The Kier molecular flexibility index (Phi) is 6.23. The van der Waals surface area contributed by atoms with E-state index < -0.39 is 11.7 Å². The number of ether oxygens (including phenoxy) is 1. The van der Waals surface area contributed by atoms with Crippen molar-refractivity contribution >= 4 is 17.8 Å². The molecule has 4 N–H and O–H groups in total. The molecule has 6 nitrogen and oxygen atoms in total. The number of carbonyl (C=O) groups excluding carboxylic acids is 1. The molecule has 17 heavy (non-hydrogen) atoms. The maximum absolute atomic E-state index is 11.2. The van der Waals surface area contributed by atoms with Crippen molar-refractivity contribution in [3.63, 3.8) is 0 Å². The van der Waals surface area contributed by atoms with Crippen molar-refractivity contribution in [2.24, 2.45) is 4.99 Å². The molecular formula is C11H22N3O3+. The van der Waals surface area contributed by atoms with E-state index in [1.54, 1.807) is 20.8 Å². The molecule has 0 spiro atoms. The second-order valence-corrected chi connectivity index (χ2v) is 4.68. The molecule has 0 aliphatic heterocycles. The molecule has 0 aromatic carbocycles. The number of hydrogen-bond acceptors (Lipinski definition) is 3. The monoisotopic (exact) mass is 244 g/mol. The minimum absolute atomic E-state index is 0.120. The summed E-state index contributed by atoms with van der Waals surface area (Å²) < 4.78 is 5.05. The molecule has 6 heteroatoms. The van der Waals surface area contributed by atoms with Crippen LogP contribution in [0, 0.1) is 5.41 Å². The van der Waals surface area contributed by atoms with E-state index >= 15 is 0 Å². The van der Waals surface area contributed by atoms with Gasteiger partial charge in [-0.05, 0) is 34.1 Å². The Hall–Kier alpha value is -1.59. The van der Waals surface area contributed by atoms with Crippen LogP contribution in [-0.4, -0.2) is 35.1 Å². The van der Waals surface area contributed by atoms with E-state index in [0.29, 0.717) is 19.4 Å². The lowest BCUT2D eigenvalue weighted by molar-refractivity contribution is 0.0527. The van der Waals surface area contributed by atoms with E-state index in [1.807, 2.05) is 0 Å². The Morgan fingerprint density at radius 3 is 2.53 bits per heavy atom. The van der Waals surface area contributed by atoms with Crippen LogP contribution in [-0.2, 0) is 4.74 Å². The number of amidine groups is 1. The smallest absolute Gasteiger partial charge is 0.407 e. The fraction of sp³-hybridized carbons (Fsp3) is 0.727. The van der Waals surface area contributed by atoms with Crippen LogP contribution in [0.15, 0.2) is 4.99 Å². The van der Waals surface area contributed by atoms with Crippen LogP contribution in [0.4, 0.5) is 4.79 Å². The number of nitrogens with one attached hydrogen (secondary N) is 2. The number of amides is 1. The molecule has 0 aromatic heterocycles. The third kappa shape index (κ3) is 10.7. The third-order valence-electron chi connectivity index (χ3n) is 1.56. The van der Waals surface area contributed by atoms with E-state index in [2.05, 4.69) is 10.3 Å². The summed E-state index contributed by atoms with van der Waals surface area (Å²) in [6.45, 7) is 7.35. The molecule has 1 amide bonds. The van der Waals surface area contributed by atoms with Gasteiger partial charge < -0.3 is 15.2 Å². The normalized spacial score (nSPS) is 12.1. The molecule has 0 radical (unpaired) electrons. The van der Waals surface area contributed by atoms with E-state index in [9.17, 15) is 4.79 Å². The maximum Gasteiger partial charge on any atom is 0.407 e. The first kappa shape index (κ1) is 15.4. The van der Waals surface area contributed by atoms with Crippen molar-refractivity contribution in [1.82, 2.24) is 5.32 Å². The van der Waals surface area contributed by atoms with Gasteiger partial charge in [-0.3, -0.25) is 5.41 Å². The van der Waals surface area contributed by atoms with Gasteiger partial charge in [-0.1, -0.05) is 0 Å². The minimum atomic E-state index is -0.497. The Labute approximate surface area is 102 Å². The molecule has 0 aromatic rings. The van der Waals surface area contributed by atoms with Crippen LogP contribution in [0.25, 0.3) is 0 Å². The Bertz CT molecular complexity index is 306. The van der Waals surface area contributed by atoms with Gasteiger partial charge in [0.05, 0.1) is 6.42 Å². The number of nitrogens with zero attached hydrogens (tertiary/aromatic N) is 1.